The Bertz CT molecular complexity index is 566. The third-order valence-electron chi connectivity index (χ3n) is 2.56. The molecule has 2 nitrogen and oxygen atoms in total. The third-order valence-corrected chi connectivity index (χ3v) is 4.08. The highest BCUT2D eigenvalue weighted by Gasteiger charge is 2.30. The minimum absolute atomic E-state index is 0.269. The van der Waals surface area contributed by atoms with Crippen LogP contribution < -0.4 is 4.74 Å². The lowest BCUT2D eigenvalue weighted by molar-refractivity contribution is -0.274. The Kier molecular flexibility index (Phi) is 4.72. The van der Waals surface area contributed by atoms with Crippen molar-refractivity contribution in [3.8, 4) is 5.75 Å². The SMILES string of the molecule is OC(Cc1ccc(OC(F)(F)F)cc1)c1csc(Br)c1. The molecule has 2 aromatic rings. The van der Waals surface area contributed by atoms with E-state index in [1.807, 2.05) is 11.4 Å². The van der Waals surface area contributed by atoms with Crippen LogP contribution in [0.5, 0.6) is 5.75 Å². The van der Waals surface area contributed by atoms with E-state index >= 15 is 0 Å². The van der Waals surface area contributed by atoms with Gasteiger partial charge in [-0.15, -0.1) is 24.5 Å². The molecule has 1 aromatic carbocycles. The molecule has 0 aliphatic carbocycles. The fourth-order valence-corrected chi connectivity index (χ4v) is 2.89. The summed E-state index contributed by atoms with van der Waals surface area (Å²) in [7, 11) is 0. The molecule has 7 heteroatoms. The van der Waals surface area contributed by atoms with E-state index in [2.05, 4.69) is 20.7 Å². The molecule has 1 heterocycles. The highest BCUT2D eigenvalue weighted by Crippen LogP contribution is 2.28. The van der Waals surface area contributed by atoms with Gasteiger partial charge in [-0.2, -0.15) is 0 Å². The number of alkyl halides is 3. The van der Waals surface area contributed by atoms with Crippen molar-refractivity contribution in [1.29, 1.82) is 0 Å². The molecule has 0 saturated carbocycles. The number of benzene rings is 1. The Morgan fingerprint density at radius 2 is 1.90 bits per heavy atom. The number of rotatable bonds is 4. The van der Waals surface area contributed by atoms with E-state index in [4.69, 9.17) is 0 Å². The van der Waals surface area contributed by atoms with Gasteiger partial charge in [-0.05, 0) is 50.6 Å². The second-order valence-corrected chi connectivity index (χ2v) is 6.39. The van der Waals surface area contributed by atoms with E-state index in [1.54, 1.807) is 0 Å². The second-order valence-electron chi connectivity index (χ2n) is 4.10. The lowest BCUT2D eigenvalue weighted by atomic mass is 10.0. The molecular weight excluding hydrogens is 357 g/mol. The zero-order chi connectivity index (χ0) is 14.8. The van der Waals surface area contributed by atoms with Crippen molar-refractivity contribution in [3.05, 3.63) is 50.6 Å². The van der Waals surface area contributed by atoms with Crippen LogP contribution in [-0.2, 0) is 6.42 Å². The van der Waals surface area contributed by atoms with Crippen molar-refractivity contribution < 1.29 is 23.0 Å². The number of hydrogen-bond acceptors (Lipinski definition) is 3. The van der Waals surface area contributed by atoms with Crippen molar-refractivity contribution >= 4 is 27.3 Å². The Morgan fingerprint density at radius 1 is 1.25 bits per heavy atom. The van der Waals surface area contributed by atoms with Crippen LogP contribution in [0.3, 0.4) is 0 Å². The lowest BCUT2D eigenvalue weighted by Gasteiger charge is -2.11. The topological polar surface area (TPSA) is 29.5 Å². The first-order chi connectivity index (χ1) is 9.33. The molecular formula is C13H10BrF3O2S. The van der Waals surface area contributed by atoms with E-state index in [0.717, 1.165) is 14.9 Å². The standard InChI is InChI=1S/C13H10BrF3O2S/c14-12-6-9(7-20-12)11(18)5-8-1-3-10(4-2-8)19-13(15,16)17/h1-4,6-7,11,18H,5H2. The summed E-state index contributed by atoms with van der Waals surface area (Å²) in [6, 6.07) is 7.30. The summed E-state index contributed by atoms with van der Waals surface area (Å²) in [5.74, 6) is -0.269. The minimum atomic E-state index is -4.69. The summed E-state index contributed by atoms with van der Waals surface area (Å²) in [5.41, 5.74) is 1.51. The van der Waals surface area contributed by atoms with Gasteiger partial charge in [0.05, 0.1) is 9.89 Å². The highest BCUT2D eigenvalue weighted by atomic mass is 79.9. The predicted octanol–water partition coefficient (Wildman–Crippen LogP) is 4.69. The summed E-state index contributed by atoms with van der Waals surface area (Å²) in [5, 5.41) is 11.8. The molecule has 20 heavy (non-hydrogen) atoms. The van der Waals surface area contributed by atoms with E-state index in [1.165, 1.54) is 35.6 Å². The number of halogens is 4. The van der Waals surface area contributed by atoms with Crippen LogP contribution in [0.2, 0.25) is 0 Å². The van der Waals surface area contributed by atoms with Crippen molar-refractivity contribution in [2.24, 2.45) is 0 Å². The van der Waals surface area contributed by atoms with Crippen LogP contribution in [-0.4, -0.2) is 11.5 Å². The van der Waals surface area contributed by atoms with Crippen LogP contribution in [0.1, 0.15) is 17.2 Å². The predicted molar refractivity (Wildman–Crippen MR) is 73.8 cm³/mol. The Labute approximate surface area is 125 Å². The number of aliphatic hydroxyl groups is 1. The molecule has 2 rings (SSSR count). The average Bonchev–Trinajstić information content (AvgIpc) is 2.77. The summed E-state index contributed by atoms with van der Waals surface area (Å²) in [4.78, 5) is 0. The van der Waals surface area contributed by atoms with Crippen LogP contribution in [0.4, 0.5) is 13.2 Å². The summed E-state index contributed by atoms with van der Waals surface area (Å²) in [6.07, 6.45) is -5.05. The molecule has 0 aliphatic rings. The summed E-state index contributed by atoms with van der Waals surface area (Å²) in [6.45, 7) is 0. The number of ether oxygens (including phenoxy) is 1. The quantitative estimate of drug-likeness (QED) is 0.850. The zero-order valence-electron chi connectivity index (χ0n) is 10.0. The first-order valence-corrected chi connectivity index (χ1v) is 7.27. The minimum Gasteiger partial charge on any atom is -0.406 e. The van der Waals surface area contributed by atoms with Gasteiger partial charge in [0.1, 0.15) is 5.75 Å². The van der Waals surface area contributed by atoms with Gasteiger partial charge in [0, 0.05) is 6.42 Å². The van der Waals surface area contributed by atoms with E-state index < -0.39 is 12.5 Å². The van der Waals surface area contributed by atoms with Gasteiger partial charge in [0.25, 0.3) is 0 Å². The first-order valence-electron chi connectivity index (χ1n) is 5.60. The second kappa shape index (κ2) is 6.15. The molecule has 0 fully saturated rings. The van der Waals surface area contributed by atoms with Crippen LogP contribution >= 0.6 is 27.3 Å². The van der Waals surface area contributed by atoms with Crippen molar-refractivity contribution in [3.63, 3.8) is 0 Å². The van der Waals surface area contributed by atoms with Crippen LogP contribution in [0.15, 0.2) is 39.5 Å². The van der Waals surface area contributed by atoms with Gasteiger partial charge < -0.3 is 9.84 Å². The number of thiophene rings is 1. The molecule has 0 aliphatic heterocycles. The molecule has 1 unspecified atom stereocenters. The number of aliphatic hydroxyl groups excluding tert-OH is 1. The molecule has 1 aromatic heterocycles. The summed E-state index contributed by atoms with van der Waals surface area (Å²) >= 11 is 4.77. The normalized spacial score (nSPS) is 13.2. The fraction of sp³-hybridized carbons (Fsp3) is 0.231. The lowest BCUT2D eigenvalue weighted by Crippen LogP contribution is -2.17. The molecule has 0 saturated heterocycles. The molecule has 1 N–H and O–H groups in total. The van der Waals surface area contributed by atoms with Crippen LogP contribution in [0, 0.1) is 0 Å². The van der Waals surface area contributed by atoms with Gasteiger partial charge in [-0.1, -0.05) is 12.1 Å². The zero-order valence-corrected chi connectivity index (χ0v) is 12.4. The van der Waals surface area contributed by atoms with Crippen LogP contribution in [0.25, 0.3) is 0 Å². The molecule has 108 valence electrons. The largest absolute Gasteiger partial charge is 0.573 e. The van der Waals surface area contributed by atoms with Crippen molar-refractivity contribution in [2.75, 3.05) is 0 Å². The Morgan fingerprint density at radius 3 is 2.40 bits per heavy atom. The molecule has 0 spiro atoms. The fourth-order valence-electron chi connectivity index (χ4n) is 1.67. The van der Waals surface area contributed by atoms with E-state index in [0.29, 0.717) is 6.42 Å². The molecule has 0 bridgehead atoms. The van der Waals surface area contributed by atoms with Gasteiger partial charge in [-0.3, -0.25) is 0 Å². The van der Waals surface area contributed by atoms with E-state index in [9.17, 15) is 18.3 Å². The van der Waals surface area contributed by atoms with E-state index in [-0.39, 0.29) is 5.75 Å². The molecule has 0 radical (unpaired) electrons. The van der Waals surface area contributed by atoms with Gasteiger partial charge in [0.2, 0.25) is 0 Å². The van der Waals surface area contributed by atoms with Crippen molar-refractivity contribution in [2.45, 2.75) is 18.9 Å². The third kappa shape index (κ3) is 4.50. The number of hydrogen-bond donors (Lipinski definition) is 1. The smallest absolute Gasteiger partial charge is 0.406 e. The Hall–Kier alpha value is -1.05. The molecule has 0 amide bonds. The monoisotopic (exact) mass is 366 g/mol. The Balaban J connectivity index is 2.00. The summed E-state index contributed by atoms with van der Waals surface area (Å²) < 4.78 is 40.7. The van der Waals surface area contributed by atoms with Crippen molar-refractivity contribution in [1.82, 2.24) is 0 Å². The van der Waals surface area contributed by atoms with Gasteiger partial charge in [0.15, 0.2) is 0 Å². The average molecular weight is 367 g/mol. The maximum Gasteiger partial charge on any atom is 0.573 e. The maximum absolute atomic E-state index is 12.0. The highest BCUT2D eigenvalue weighted by molar-refractivity contribution is 9.11. The van der Waals surface area contributed by atoms with Gasteiger partial charge >= 0.3 is 6.36 Å². The van der Waals surface area contributed by atoms with Gasteiger partial charge in [-0.25, -0.2) is 0 Å². The first kappa shape index (κ1) is 15.3. The molecule has 1 atom stereocenters. The maximum atomic E-state index is 12.0.